The van der Waals surface area contributed by atoms with Gasteiger partial charge >= 0.3 is 0 Å². The summed E-state index contributed by atoms with van der Waals surface area (Å²) in [5, 5.41) is 5.35. The fourth-order valence-corrected chi connectivity index (χ4v) is 4.73. The summed E-state index contributed by atoms with van der Waals surface area (Å²) < 4.78 is 33.7. The summed E-state index contributed by atoms with van der Waals surface area (Å²) in [5.41, 5.74) is 3.04. The number of carbonyl (C=O) groups excluding carboxylic acids is 2. The zero-order valence-corrected chi connectivity index (χ0v) is 20.3. The van der Waals surface area contributed by atoms with Crippen molar-refractivity contribution in [1.29, 1.82) is 0 Å². The second-order valence-electron chi connectivity index (χ2n) is 7.81. The molecule has 0 fully saturated rings. The average molecular weight is 482 g/mol. The van der Waals surface area contributed by atoms with E-state index in [4.69, 9.17) is 4.74 Å². The molecule has 0 aliphatic rings. The zero-order valence-electron chi connectivity index (χ0n) is 19.5. The molecule has 0 saturated carbocycles. The maximum absolute atomic E-state index is 13.6. The predicted octanol–water partition coefficient (Wildman–Crippen LogP) is 4.10. The van der Waals surface area contributed by atoms with Crippen LogP contribution in [0.25, 0.3) is 0 Å². The number of amides is 2. The topological polar surface area (TPSA) is 105 Å². The molecule has 178 valence electrons. The number of aryl methyl sites for hydroxylation is 2. The van der Waals surface area contributed by atoms with Crippen molar-refractivity contribution in [2.75, 3.05) is 28.6 Å². The number of carbonyl (C=O) groups is 2. The Balaban J connectivity index is 1.94. The highest BCUT2D eigenvalue weighted by Gasteiger charge is 2.29. The highest BCUT2D eigenvalue weighted by molar-refractivity contribution is 7.92. The number of anilines is 3. The highest BCUT2D eigenvalue weighted by atomic mass is 32.2. The molecule has 0 bridgehead atoms. The Bertz CT molecular complexity index is 1290. The first-order valence-corrected chi connectivity index (χ1v) is 12.0. The molecular weight excluding hydrogens is 454 g/mol. The van der Waals surface area contributed by atoms with Crippen LogP contribution in [0.1, 0.15) is 18.1 Å². The van der Waals surface area contributed by atoms with E-state index in [0.717, 1.165) is 15.4 Å². The molecular formula is C25H27N3O5S. The molecule has 0 radical (unpaired) electrons. The molecule has 0 unspecified atom stereocenters. The van der Waals surface area contributed by atoms with E-state index in [2.05, 4.69) is 10.6 Å². The van der Waals surface area contributed by atoms with Gasteiger partial charge in [-0.1, -0.05) is 23.8 Å². The van der Waals surface area contributed by atoms with Crippen LogP contribution >= 0.6 is 0 Å². The van der Waals surface area contributed by atoms with E-state index in [9.17, 15) is 18.0 Å². The number of nitrogens with zero attached hydrogens (tertiary/aromatic N) is 1. The van der Waals surface area contributed by atoms with Crippen molar-refractivity contribution in [2.24, 2.45) is 0 Å². The summed E-state index contributed by atoms with van der Waals surface area (Å²) in [6.07, 6.45) is 0. The Morgan fingerprint density at radius 2 is 1.41 bits per heavy atom. The lowest BCUT2D eigenvalue weighted by Crippen LogP contribution is -2.38. The van der Waals surface area contributed by atoms with Crippen LogP contribution in [0.4, 0.5) is 17.1 Å². The van der Waals surface area contributed by atoms with Gasteiger partial charge in [-0.3, -0.25) is 13.9 Å². The number of ether oxygens (including phenoxy) is 1. The van der Waals surface area contributed by atoms with Gasteiger partial charge in [0.15, 0.2) is 0 Å². The molecule has 3 aromatic carbocycles. The summed E-state index contributed by atoms with van der Waals surface area (Å²) in [5.74, 6) is -0.416. The molecule has 0 heterocycles. The molecule has 0 aromatic heterocycles. The maximum Gasteiger partial charge on any atom is 0.264 e. The fourth-order valence-electron chi connectivity index (χ4n) is 3.30. The van der Waals surface area contributed by atoms with Gasteiger partial charge in [0.25, 0.3) is 10.0 Å². The zero-order chi connectivity index (χ0) is 24.9. The largest absolute Gasteiger partial charge is 0.495 e. The van der Waals surface area contributed by atoms with Crippen molar-refractivity contribution >= 4 is 38.9 Å². The van der Waals surface area contributed by atoms with Crippen LogP contribution in [0.3, 0.4) is 0 Å². The number of nitrogens with one attached hydrogen (secondary N) is 2. The van der Waals surface area contributed by atoms with Crippen molar-refractivity contribution in [1.82, 2.24) is 0 Å². The van der Waals surface area contributed by atoms with Crippen LogP contribution in [0, 0.1) is 13.8 Å². The van der Waals surface area contributed by atoms with E-state index < -0.39 is 22.5 Å². The van der Waals surface area contributed by atoms with Crippen LogP contribution in [0.15, 0.2) is 71.6 Å². The van der Waals surface area contributed by atoms with Crippen molar-refractivity contribution in [3.63, 3.8) is 0 Å². The minimum absolute atomic E-state index is 0.0640. The summed E-state index contributed by atoms with van der Waals surface area (Å²) in [6, 6.07) is 18.1. The molecule has 3 rings (SSSR count). The SMILES string of the molecule is COc1ccc(C)cc1N(CC(=O)Nc1ccc(NC(C)=O)cc1)S(=O)(=O)c1ccc(C)cc1. The van der Waals surface area contributed by atoms with E-state index in [1.807, 2.05) is 13.8 Å². The number of rotatable bonds is 8. The third kappa shape index (κ3) is 5.93. The lowest BCUT2D eigenvalue weighted by molar-refractivity contribution is -0.115. The smallest absolute Gasteiger partial charge is 0.264 e. The van der Waals surface area contributed by atoms with Crippen molar-refractivity contribution < 1.29 is 22.7 Å². The standard InChI is InChI=1S/C25H27N3O5S/c1-17-5-12-22(13-6-17)34(31,32)28(23-15-18(2)7-14-24(23)33-4)16-25(30)27-21-10-8-20(9-11-21)26-19(3)29/h5-15H,16H2,1-4H3,(H,26,29)(H,27,30). The lowest BCUT2D eigenvalue weighted by atomic mass is 10.2. The van der Waals surface area contributed by atoms with Crippen LogP contribution in [0.5, 0.6) is 5.75 Å². The third-order valence-electron chi connectivity index (χ3n) is 4.99. The number of sulfonamides is 1. The van der Waals surface area contributed by atoms with Crippen molar-refractivity contribution in [3.05, 3.63) is 77.9 Å². The van der Waals surface area contributed by atoms with E-state index in [1.54, 1.807) is 54.6 Å². The van der Waals surface area contributed by atoms with Crippen LogP contribution in [-0.4, -0.2) is 33.9 Å². The molecule has 0 aliphatic carbocycles. The van der Waals surface area contributed by atoms with E-state index in [0.29, 0.717) is 17.1 Å². The van der Waals surface area contributed by atoms with Gasteiger partial charge in [-0.2, -0.15) is 0 Å². The molecule has 0 aliphatic heterocycles. The Morgan fingerprint density at radius 1 is 0.853 bits per heavy atom. The van der Waals surface area contributed by atoms with E-state index in [1.165, 1.54) is 26.2 Å². The molecule has 34 heavy (non-hydrogen) atoms. The monoisotopic (exact) mass is 481 g/mol. The minimum atomic E-state index is -4.08. The van der Waals surface area contributed by atoms with Gasteiger partial charge in [0.1, 0.15) is 12.3 Å². The first-order valence-electron chi connectivity index (χ1n) is 10.5. The number of hydrogen-bond donors (Lipinski definition) is 2. The average Bonchev–Trinajstić information content (AvgIpc) is 2.78. The second-order valence-corrected chi connectivity index (χ2v) is 9.67. The summed E-state index contributed by atoms with van der Waals surface area (Å²) in [4.78, 5) is 24.2. The quantitative estimate of drug-likeness (QED) is 0.504. The molecule has 2 N–H and O–H groups in total. The van der Waals surface area contributed by atoms with Crippen molar-refractivity contribution in [3.8, 4) is 5.75 Å². The van der Waals surface area contributed by atoms with Crippen molar-refractivity contribution in [2.45, 2.75) is 25.7 Å². The summed E-state index contributed by atoms with van der Waals surface area (Å²) in [6.45, 7) is 4.63. The van der Waals surface area contributed by atoms with Gasteiger partial charge in [-0.15, -0.1) is 0 Å². The summed E-state index contributed by atoms with van der Waals surface area (Å²) in [7, 11) is -2.64. The molecule has 2 amide bonds. The Kier molecular flexibility index (Phi) is 7.57. The molecule has 8 nitrogen and oxygen atoms in total. The Morgan fingerprint density at radius 3 is 1.97 bits per heavy atom. The van der Waals surface area contributed by atoms with Gasteiger partial charge in [0.2, 0.25) is 11.8 Å². The second kappa shape index (κ2) is 10.4. The molecule has 0 atom stereocenters. The minimum Gasteiger partial charge on any atom is -0.495 e. The summed E-state index contributed by atoms with van der Waals surface area (Å²) >= 11 is 0. The van der Waals surface area contributed by atoms with Gasteiger partial charge in [-0.05, 0) is 67.9 Å². The number of benzene rings is 3. The third-order valence-corrected chi connectivity index (χ3v) is 6.76. The predicted molar refractivity (Wildman–Crippen MR) is 133 cm³/mol. The van der Waals surface area contributed by atoms with E-state index >= 15 is 0 Å². The fraction of sp³-hybridized carbons (Fsp3) is 0.200. The Labute approximate surface area is 199 Å². The van der Waals surface area contributed by atoms with Gasteiger partial charge in [0.05, 0.1) is 17.7 Å². The molecule has 3 aromatic rings. The normalized spacial score (nSPS) is 10.9. The van der Waals surface area contributed by atoms with Crippen LogP contribution < -0.4 is 19.7 Å². The molecule has 0 saturated heterocycles. The van der Waals surface area contributed by atoms with Gasteiger partial charge < -0.3 is 15.4 Å². The van der Waals surface area contributed by atoms with Gasteiger partial charge in [0, 0.05) is 18.3 Å². The first kappa shape index (κ1) is 24.8. The highest BCUT2D eigenvalue weighted by Crippen LogP contribution is 2.33. The van der Waals surface area contributed by atoms with Crippen LogP contribution in [0.2, 0.25) is 0 Å². The number of methoxy groups -OCH3 is 1. The number of hydrogen-bond acceptors (Lipinski definition) is 5. The van der Waals surface area contributed by atoms with E-state index in [-0.39, 0.29) is 16.5 Å². The van der Waals surface area contributed by atoms with Gasteiger partial charge in [-0.25, -0.2) is 8.42 Å². The first-order chi connectivity index (χ1) is 16.1. The lowest BCUT2D eigenvalue weighted by Gasteiger charge is -2.26. The molecule has 9 heteroatoms. The molecule has 0 spiro atoms. The maximum atomic E-state index is 13.6. The Hall–Kier alpha value is -3.85. The van der Waals surface area contributed by atoms with Crippen LogP contribution in [-0.2, 0) is 19.6 Å².